The second-order valence-corrected chi connectivity index (χ2v) is 6.60. The molecule has 22 heavy (non-hydrogen) atoms. The first kappa shape index (κ1) is 16.3. The maximum atomic E-state index is 11.9. The SMILES string of the molecule is CCCCCN1C(C(N)=O)=CN(C(C)(C)C)C1c1ncn[nH]1. The Balaban J connectivity index is 2.36. The van der Waals surface area contributed by atoms with Crippen LogP contribution in [0.5, 0.6) is 0 Å². The van der Waals surface area contributed by atoms with Gasteiger partial charge in [0.05, 0.1) is 0 Å². The number of rotatable bonds is 6. The predicted molar refractivity (Wildman–Crippen MR) is 84.2 cm³/mol. The van der Waals surface area contributed by atoms with Gasteiger partial charge in [-0.1, -0.05) is 19.8 Å². The van der Waals surface area contributed by atoms with Crippen molar-refractivity contribution in [1.82, 2.24) is 25.0 Å². The van der Waals surface area contributed by atoms with Gasteiger partial charge in [-0.25, -0.2) is 4.98 Å². The molecule has 2 heterocycles. The second-order valence-electron chi connectivity index (χ2n) is 6.60. The highest BCUT2D eigenvalue weighted by molar-refractivity contribution is 5.91. The molecule has 0 fully saturated rings. The number of amides is 1. The van der Waals surface area contributed by atoms with E-state index >= 15 is 0 Å². The number of hydrogen-bond donors (Lipinski definition) is 2. The van der Waals surface area contributed by atoms with Gasteiger partial charge in [-0.2, -0.15) is 5.10 Å². The molecule has 1 amide bonds. The van der Waals surface area contributed by atoms with Crippen molar-refractivity contribution in [1.29, 1.82) is 0 Å². The first-order chi connectivity index (χ1) is 10.4. The van der Waals surface area contributed by atoms with Crippen LogP contribution in [0, 0.1) is 0 Å². The lowest BCUT2D eigenvalue weighted by Gasteiger charge is -2.39. The molecule has 0 aliphatic carbocycles. The molecule has 7 nitrogen and oxygen atoms in total. The summed E-state index contributed by atoms with van der Waals surface area (Å²) in [7, 11) is 0. The molecule has 1 aromatic rings. The minimum absolute atomic E-state index is 0.169. The summed E-state index contributed by atoms with van der Waals surface area (Å²) in [5.41, 5.74) is 5.96. The smallest absolute Gasteiger partial charge is 0.266 e. The van der Waals surface area contributed by atoms with E-state index < -0.39 is 5.91 Å². The Labute approximate surface area is 131 Å². The van der Waals surface area contributed by atoms with Gasteiger partial charge in [-0.15, -0.1) is 0 Å². The van der Waals surface area contributed by atoms with Gasteiger partial charge in [0.1, 0.15) is 12.0 Å². The summed E-state index contributed by atoms with van der Waals surface area (Å²) < 4.78 is 0. The normalized spacial score (nSPS) is 18.7. The fourth-order valence-corrected chi connectivity index (χ4v) is 2.72. The third-order valence-electron chi connectivity index (χ3n) is 3.84. The van der Waals surface area contributed by atoms with Crippen LogP contribution in [0.1, 0.15) is 58.9 Å². The number of aromatic amines is 1. The molecular formula is C15H26N6O. The van der Waals surface area contributed by atoms with Gasteiger partial charge in [-0.3, -0.25) is 9.89 Å². The zero-order valence-corrected chi connectivity index (χ0v) is 13.8. The molecule has 7 heteroatoms. The Kier molecular flexibility index (Phi) is 4.73. The highest BCUT2D eigenvalue weighted by Gasteiger charge is 2.41. The van der Waals surface area contributed by atoms with E-state index in [0.29, 0.717) is 5.70 Å². The number of nitrogens with zero attached hydrogens (tertiary/aromatic N) is 4. The van der Waals surface area contributed by atoms with Crippen LogP contribution in [0.2, 0.25) is 0 Å². The lowest BCUT2D eigenvalue weighted by molar-refractivity contribution is -0.116. The molecule has 1 atom stereocenters. The van der Waals surface area contributed by atoms with E-state index in [0.717, 1.165) is 31.6 Å². The van der Waals surface area contributed by atoms with Crippen LogP contribution < -0.4 is 5.73 Å². The fourth-order valence-electron chi connectivity index (χ4n) is 2.72. The van der Waals surface area contributed by atoms with Crippen LogP contribution in [-0.2, 0) is 4.79 Å². The fraction of sp³-hybridized carbons (Fsp3) is 0.667. The van der Waals surface area contributed by atoms with Crippen LogP contribution in [0.3, 0.4) is 0 Å². The molecule has 0 spiro atoms. The summed E-state index contributed by atoms with van der Waals surface area (Å²) in [5, 5.41) is 6.89. The minimum Gasteiger partial charge on any atom is -0.364 e. The van der Waals surface area contributed by atoms with Crippen molar-refractivity contribution in [2.24, 2.45) is 5.73 Å². The molecule has 0 aromatic carbocycles. The molecule has 0 saturated carbocycles. The second kappa shape index (κ2) is 6.37. The van der Waals surface area contributed by atoms with E-state index in [1.807, 2.05) is 11.1 Å². The Morgan fingerprint density at radius 1 is 1.41 bits per heavy atom. The monoisotopic (exact) mass is 306 g/mol. The Morgan fingerprint density at radius 3 is 2.64 bits per heavy atom. The molecule has 0 saturated heterocycles. The minimum atomic E-state index is -0.409. The summed E-state index contributed by atoms with van der Waals surface area (Å²) in [4.78, 5) is 20.3. The molecule has 122 valence electrons. The maximum absolute atomic E-state index is 11.9. The molecule has 1 aliphatic rings. The number of nitrogens with one attached hydrogen (secondary N) is 1. The average molecular weight is 306 g/mol. The standard InChI is InChI=1S/C15H26N6O/c1-5-6-7-8-20-11(12(16)22)9-21(15(2,3)4)14(20)13-17-10-18-19-13/h9-10,14H,5-8H2,1-4H3,(H2,16,22)(H,17,18,19). The van der Waals surface area contributed by atoms with Gasteiger partial charge in [-0.05, 0) is 27.2 Å². The first-order valence-corrected chi connectivity index (χ1v) is 7.78. The first-order valence-electron chi connectivity index (χ1n) is 7.78. The van der Waals surface area contributed by atoms with Crippen molar-refractivity contribution in [3.8, 4) is 0 Å². The van der Waals surface area contributed by atoms with E-state index in [1.54, 1.807) is 0 Å². The van der Waals surface area contributed by atoms with Crippen molar-refractivity contribution in [3.05, 3.63) is 24.0 Å². The molecule has 1 unspecified atom stereocenters. The van der Waals surface area contributed by atoms with Crippen molar-refractivity contribution in [3.63, 3.8) is 0 Å². The summed E-state index contributed by atoms with van der Waals surface area (Å²) in [5.74, 6) is 0.312. The van der Waals surface area contributed by atoms with Gasteiger partial charge in [0.25, 0.3) is 5.91 Å². The molecule has 3 N–H and O–H groups in total. The number of carbonyl (C=O) groups is 1. The molecule has 1 aliphatic heterocycles. The number of aromatic nitrogens is 3. The van der Waals surface area contributed by atoms with Crippen LogP contribution in [0.4, 0.5) is 0 Å². The van der Waals surface area contributed by atoms with Crippen molar-refractivity contribution >= 4 is 5.91 Å². The van der Waals surface area contributed by atoms with Crippen molar-refractivity contribution in [2.45, 2.75) is 58.7 Å². The van der Waals surface area contributed by atoms with E-state index in [2.05, 4.69) is 47.8 Å². The predicted octanol–water partition coefficient (Wildman–Crippen LogP) is 1.74. The summed E-state index contributed by atoms with van der Waals surface area (Å²) in [6.07, 6.45) is 6.40. The molecular weight excluding hydrogens is 280 g/mol. The third-order valence-corrected chi connectivity index (χ3v) is 3.84. The Bertz CT molecular complexity index is 531. The van der Waals surface area contributed by atoms with Crippen molar-refractivity contribution in [2.75, 3.05) is 6.54 Å². The van der Waals surface area contributed by atoms with E-state index in [4.69, 9.17) is 5.73 Å². The van der Waals surface area contributed by atoms with E-state index in [-0.39, 0.29) is 11.7 Å². The van der Waals surface area contributed by atoms with Gasteiger partial charge in [0.2, 0.25) is 0 Å². The number of primary amides is 1. The highest BCUT2D eigenvalue weighted by atomic mass is 16.1. The lowest BCUT2D eigenvalue weighted by atomic mass is 10.1. The third kappa shape index (κ3) is 3.23. The molecule has 0 radical (unpaired) electrons. The lowest BCUT2D eigenvalue weighted by Crippen LogP contribution is -2.43. The largest absolute Gasteiger partial charge is 0.364 e. The zero-order chi connectivity index (χ0) is 16.3. The zero-order valence-electron chi connectivity index (χ0n) is 13.8. The summed E-state index contributed by atoms with van der Waals surface area (Å²) in [6.45, 7) is 9.22. The summed E-state index contributed by atoms with van der Waals surface area (Å²) in [6, 6.07) is 0. The van der Waals surface area contributed by atoms with Gasteiger partial charge in [0.15, 0.2) is 12.0 Å². The number of H-pyrrole nitrogens is 1. The highest BCUT2D eigenvalue weighted by Crippen LogP contribution is 2.38. The topological polar surface area (TPSA) is 91.1 Å². The van der Waals surface area contributed by atoms with Gasteiger partial charge in [0, 0.05) is 18.3 Å². The molecule has 1 aromatic heterocycles. The van der Waals surface area contributed by atoms with Crippen LogP contribution >= 0.6 is 0 Å². The molecule has 2 rings (SSSR count). The molecule has 0 bridgehead atoms. The summed E-state index contributed by atoms with van der Waals surface area (Å²) >= 11 is 0. The van der Waals surface area contributed by atoms with Crippen LogP contribution in [0.15, 0.2) is 18.2 Å². The van der Waals surface area contributed by atoms with Crippen molar-refractivity contribution < 1.29 is 4.79 Å². The number of hydrogen-bond acceptors (Lipinski definition) is 5. The Morgan fingerprint density at radius 2 is 2.14 bits per heavy atom. The van der Waals surface area contributed by atoms with Crippen LogP contribution in [-0.4, -0.2) is 43.0 Å². The van der Waals surface area contributed by atoms with E-state index in [1.165, 1.54) is 6.33 Å². The quantitative estimate of drug-likeness (QED) is 0.781. The average Bonchev–Trinajstić information content (AvgIpc) is 3.04. The van der Waals surface area contributed by atoms with Crippen LogP contribution in [0.25, 0.3) is 0 Å². The van der Waals surface area contributed by atoms with E-state index in [9.17, 15) is 4.79 Å². The van der Waals surface area contributed by atoms with Gasteiger partial charge >= 0.3 is 0 Å². The number of unbranched alkanes of at least 4 members (excludes halogenated alkanes) is 2. The van der Waals surface area contributed by atoms with Gasteiger partial charge < -0.3 is 15.5 Å². The number of carbonyl (C=O) groups excluding carboxylic acids is 1. The maximum Gasteiger partial charge on any atom is 0.266 e. The Hall–Kier alpha value is -2.05. The number of nitrogens with two attached hydrogens (primary N) is 1.